The molecule has 0 saturated heterocycles. The van der Waals surface area contributed by atoms with Crippen LogP contribution in [-0.2, 0) is 0 Å². The first-order chi connectivity index (χ1) is 5.29. The maximum absolute atomic E-state index is 11.1. The number of aromatic amines is 1. The van der Waals surface area contributed by atoms with Gasteiger partial charge in [0.1, 0.15) is 11.8 Å². The molecule has 2 rings (SSSR count). The fourth-order valence-electron chi connectivity index (χ4n) is 0.959. The number of hydrogen-bond donors (Lipinski definition) is 1. The molecule has 0 radical (unpaired) electrons. The third kappa shape index (κ3) is 0.903. The quantitative estimate of drug-likeness (QED) is 0.727. The Morgan fingerprint density at radius 3 is 3.09 bits per heavy atom. The Kier molecular flexibility index (Phi) is 1.35. The maximum Gasteiger partial charge on any atom is 0.260 e. The second kappa shape index (κ2) is 2.23. The lowest BCUT2D eigenvalue weighted by molar-refractivity contribution is 0.613. The summed E-state index contributed by atoms with van der Waals surface area (Å²) >= 11 is 3.20. The lowest BCUT2D eigenvalue weighted by Crippen LogP contribution is -2.02. The van der Waals surface area contributed by atoms with Gasteiger partial charge in [-0.25, -0.2) is 0 Å². The molecule has 0 aliphatic rings. The molecule has 0 aromatic carbocycles. The Bertz CT molecular complexity index is 443. The van der Waals surface area contributed by atoms with Crippen molar-refractivity contribution in [1.29, 1.82) is 0 Å². The second-order valence-electron chi connectivity index (χ2n) is 2.13. The zero-order chi connectivity index (χ0) is 7.84. The number of nitrogens with one attached hydrogen (secondary N) is 1. The van der Waals surface area contributed by atoms with Crippen molar-refractivity contribution >= 4 is 26.9 Å². The highest BCUT2D eigenvalue weighted by Gasteiger charge is 2.05. The summed E-state index contributed by atoms with van der Waals surface area (Å²) in [6.45, 7) is 0. The number of furan rings is 1. The van der Waals surface area contributed by atoms with Crippen LogP contribution < -0.4 is 5.56 Å². The number of rotatable bonds is 0. The van der Waals surface area contributed by atoms with Crippen LogP contribution in [0.1, 0.15) is 0 Å². The Hall–Kier alpha value is -1.03. The summed E-state index contributed by atoms with van der Waals surface area (Å²) in [7, 11) is 0. The molecule has 0 fully saturated rings. The van der Waals surface area contributed by atoms with E-state index in [9.17, 15) is 4.79 Å². The van der Waals surface area contributed by atoms with Gasteiger partial charge in [-0.3, -0.25) is 4.79 Å². The van der Waals surface area contributed by atoms with Gasteiger partial charge in [0.05, 0.1) is 9.86 Å². The van der Waals surface area contributed by atoms with Gasteiger partial charge in [-0.2, -0.15) is 0 Å². The number of fused-ring (bicyclic) bond motifs is 1. The fourth-order valence-corrected chi connectivity index (χ4v) is 1.43. The molecular formula is C7H4BrNO2. The van der Waals surface area contributed by atoms with Crippen molar-refractivity contribution in [3.63, 3.8) is 0 Å². The zero-order valence-electron chi connectivity index (χ0n) is 5.43. The Balaban J connectivity index is 3.08. The largest absolute Gasteiger partial charge is 0.463 e. The van der Waals surface area contributed by atoms with E-state index in [0.717, 1.165) is 0 Å². The van der Waals surface area contributed by atoms with Gasteiger partial charge in [0.25, 0.3) is 5.56 Å². The average Bonchev–Trinajstić information content (AvgIpc) is 2.34. The van der Waals surface area contributed by atoms with Gasteiger partial charge in [0.15, 0.2) is 0 Å². The van der Waals surface area contributed by atoms with E-state index in [4.69, 9.17) is 4.42 Å². The summed E-state index contributed by atoms with van der Waals surface area (Å²) in [6, 6.07) is 1.71. The van der Waals surface area contributed by atoms with Gasteiger partial charge in [-0.15, -0.1) is 0 Å². The molecule has 1 N–H and O–H groups in total. The normalized spacial score (nSPS) is 10.6. The summed E-state index contributed by atoms with van der Waals surface area (Å²) in [5, 5.41) is 0.563. The lowest BCUT2D eigenvalue weighted by Gasteiger charge is -1.84. The van der Waals surface area contributed by atoms with Gasteiger partial charge in [0.2, 0.25) is 0 Å². The minimum Gasteiger partial charge on any atom is -0.463 e. The van der Waals surface area contributed by atoms with Crippen LogP contribution in [0, 0.1) is 0 Å². The van der Waals surface area contributed by atoms with Crippen LogP contribution in [0.5, 0.6) is 0 Å². The van der Waals surface area contributed by atoms with Crippen LogP contribution >= 0.6 is 15.9 Å². The van der Waals surface area contributed by atoms with Crippen LogP contribution in [0.15, 0.2) is 32.2 Å². The van der Waals surface area contributed by atoms with E-state index in [1.54, 1.807) is 12.3 Å². The molecule has 0 unspecified atom stereocenters. The molecule has 0 spiro atoms. The van der Waals surface area contributed by atoms with E-state index in [-0.39, 0.29) is 5.56 Å². The smallest absolute Gasteiger partial charge is 0.260 e. The maximum atomic E-state index is 11.1. The first kappa shape index (κ1) is 6.67. The van der Waals surface area contributed by atoms with Crippen molar-refractivity contribution in [2.75, 3.05) is 0 Å². The first-order valence-electron chi connectivity index (χ1n) is 3.03. The van der Waals surface area contributed by atoms with E-state index in [2.05, 4.69) is 20.9 Å². The van der Waals surface area contributed by atoms with Gasteiger partial charge in [-0.1, -0.05) is 0 Å². The summed E-state index contributed by atoms with van der Waals surface area (Å²) in [6.07, 6.45) is 3.06. The van der Waals surface area contributed by atoms with Gasteiger partial charge in [-0.05, 0) is 22.0 Å². The topological polar surface area (TPSA) is 46.0 Å². The Morgan fingerprint density at radius 1 is 1.55 bits per heavy atom. The lowest BCUT2D eigenvalue weighted by atomic mass is 10.3. The van der Waals surface area contributed by atoms with E-state index < -0.39 is 0 Å². The Morgan fingerprint density at radius 2 is 2.36 bits per heavy atom. The highest BCUT2D eigenvalue weighted by molar-refractivity contribution is 9.10. The molecule has 0 aliphatic carbocycles. The number of hydrogen-bond acceptors (Lipinski definition) is 2. The molecule has 11 heavy (non-hydrogen) atoms. The zero-order valence-corrected chi connectivity index (χ0v) is 7.01. The monoisotopic (exact) mass is 213 g/mol. The minimum atomic E-state index is -0.136. The second-order valence-corrected chi connectivity index (χ2v) is 2.98. The van der Waals surface area contributed by atoms with Crippen LogP contribution in [-0.4, -0.2) is 4.98 Å². The molecule has 2 aromatic rings. The molecule has 0 bridgehead atoms. The molecule has 2 aromatic heterocycles. The Labute approximate surface area is 70.2 Å². The molecule has 0 aliphatic heterocycles. The molecule has 0 saturated carbocycles. The predicted octanol–water partition coefficient (Wildman–Crippen LogP) is 1.88. The van der Waals surface area contributed by atoms with Crippen LogP contribution in [0.2, 0.25) is 0 Å². The van der Waals surface area contributed by atoms with Crippen molar-refractivity contribution in [2.45, 2.75) is 0 Å². The highest BCUT2D eigenvalue weighted by atomic mass is 79.9. The summed E-state index contributed by atoms with van der Waals surface area (Å²) in [4.78, 5) is 13.7. The molecular weight excluding hydrogens is 210 g/mol. The predicted molar refractivity (Wildman–Crippen MR) is 44.5 cm³/mol. The van der Waals surface area contributed by atoms with Crippen molar-refractivity contribution < 1.29 is 4.42 Å². The molecule has 0 atom stereocenters. The van der Waals surface area contributed by atoms with Crippen LogP contribution in [0.3, 0.4) is 0 Å². The van der Waals surface area contributed by atoms with Crippen LogP contribution in [0.25, 0.3) is 11.0 Å². The molecule has 2 heterocycles. The third-order valence-electron chi connectivity index (χ3n) is 1.45. The van der Waals surface area contributed by atoms with Crippen molar-refractivity contribution in [3.05, 3.63) is 33.4 Å². The molecule has 4 heteroatoms. The van der Waals surface area contributed by atoms with Crippen molar-refractivity contribution in [3.8, 4) is 0 Å². The fraction of sp³-hybridized carbons (Fsp3) is 0. The van der Waals surface area contributed by atoms with Gasteiger partial charge >= 0.3 is 0 Å². The van der Waals surface area contributed by atoms with Crippen molar-refractivity contribution in [1.82, 2.24) is 4.98 Å². The van der Waals surface area contributed by atoms with Gasteiger partial charge < -0.3 is 9.40 Å². The number of pyridine rings is 1. The minimum absolute atomic E-state index is 0.136. The summed E-state index contributed by atoms with van der Waals surface area (Å²) in [5.41, 5.74) is 0.462. The SMILES string of the molecule is O=c1[nH]ccc2occ(Br)c12. The molecule has 0 amide bonds. The average molecular weight is 214 g/mol. The first-order valence-corrected chi connectivity index (χ1v) is 3.83. The van der Waals surface area contributed by atoms with Crippen molar-refractivity contribution in [2.24, 2.45) is 0 Å². The van der Waals surface area contributed by atoms with E-state index in [1.165, 1.54) is 6.26 Å². The summed E-state index contributed by atoms with van der Waals surface area (Å²) < 4.78 is 5.75. The molecule has 56 valence electrons. The number of aromatic nitrogens is 1. The highest BCUT2D eigenvalue weighted by Crippen LogP contribution is 2.21. The van der Waals surface area contributed by atoms with E-state index >= 15 is 0 Å². The number of H-pyrrole nitrogens is 1. The summed E-state index contributed by atoms with van der Waals surface area (Å²) in [5.74, 6) is 0. The number of halogens is 1. The van der Waals surface area contributed by atoms with Gasteiger partial charge in [0, 0.05) is 6.20 Å². The van der Waals surface area contributed by atoms with Crippen LogP contribution in [0.4, 0.5) is 0 Å². The standard InChI is InChI=1S/C7H4BrNO2/c8-4-3-11-5-1-2-9-7(10)6(4)5/h1-3H,(H,9,10). The van der Waals surface area contributed by atoms with E-state index in [1.807, 2.05) is 0 Å². The third-order valence-corrected chi connectivity index (χ3v) is 2.03. The molecule has 3 nitrogen and oxygen atoms in total. The van der Waals surface area contributed by atoms with E-state index in [0.29, 0.717) is 15.4 Å².